The number of nitrogens with zero attached hydrogens (tertiary/aromatic N) is 1. The lowest BCUT2D eigenvalue weighted by Crippen LogP contribution is -2.53. The number of carbonyl (C=O) groups excluding carboxylic acids is 1. The third kappa shape index (κ3) is 8.77. The van der Waals surface area contributed by atoms with Gasteiger partial charge in [0, 0.05) is 31.6 Å². The highest BCUT2D eigenvalue weighted by Gasteiger charge is 2.53. The molecule has 0 spiro atoms. The van der Waals surface area contributed by atoms with Gasteiger partial charge in [0.15, 0.2) is 21.5 Å². The molecule has 0 bridgehead atoms. The fraction of sp³-hybridized carbons (Fsp3) is 0.297. The summed E-state index contributed by atoms with van der Waals surface area (Å²) in [6.45, 7) is 0.764. The summed E-state index contributed by atoms with van der Waals surface area (Å²) < 4.78 is 50.1. The van der Waals surface area contributed by atoms with Crippen LogP contribution in [0.3, 0.4) is 0 Å². The Labute approximate surface area is 286 Å². The summed E-state index contributed by atoms with van der Waals surface area (Å²) in [7, 11) is -0.655. The summed E-state index contributed by atoms with van der Waals surface area (Å²) in [4.78, 5) is 19.5. The third-order valence-electron chi connectivity index (χ3n) is 8.16. The predicted molar refractivity (Wildman–Crippen MR) is 186 cm³/mol. The molecular weight excluding hydrogens is 646 g/mol. The van der Waals surface area contributed by atoms with Crippen molar-refractivity contribution < 1.29 is 37.3 Å². The second kappa shape index (κ2) is 16.5. The van der Waals surface area contributed by atoms with Crippen LogP contribution in [-0.2, 0) is 25.8 Å². The summed E-state index contributed by atoms with van der Waals surface area (Å²) >= 11 is 0. The average molecular weight is 688 g/mol. The Hall–Kier alpha value is -4.91. The summed E-state index contributed by atoms with van der Waals surface area (Å²) in [5.41, 5.74) is 6.30. The van der Waals surface area contributed by atoms with Crippen molar-refractivity contribution in [3.63, 3.8) is 0 Å². The maximum absolute atomic E-state index is 14.4. The van der Waals surface area contributed by atoms with Crippen LogP contribution in [0.15, 0.2) is 113 Å². The van der Waals surface area contributed by atoms with Crippen molar-refractivity contribution in [3.05, 3.63) is 120 Å². The minimum Gasteiger partial charge on any atom is -0.497 e. The van der Waals surface area contributed by atoms with Gasteiger partial charge in [-0.2, -0.15) is 0 Å². The minimum atomic E-state index is -3.80. The predicted octanol–water partition coefficient (Wildman–Crippen LogP) is 4.45. The van der Waals surface area contributed by atoms with Gasteiger partial charge in [-0.05, 0) is 78.2 Å². The highest BCUT2D eigenvalue weighted by atomic mass is 32.2. The molecule has 0 unspecified atom stereocenters. The van der Waals surface area contributed by atoms with E-state index in [0.29, 0.717) is 48.6 Å². The van der Waals surface area contributed by atoms with Gasteiger partial charge in [0.05, 0.1) is 31.5 Å². The lowest BCUT2D eigenvalue weighted by atomic mass is 9.85. The number of aliphatic hydroxyl groups is 1. The number of methoxy groups -OCH3 is 2. The van der Waals surface area contributed by atoms with Gasteiger partial charge in [-0.3, -0.25) is 10.2 Å². The van der Waals surface area contributed by atoms with Gasteiger partial charge in [-0.1, -0.05) is 42.5 Å². The first-order chi connectivity index (χ1) is 23.8. The molecule has 0 radical (unpaired) electrons. The Morgan fingerprint density at radius 2 is 1.61 bits per heavy atom. The molecule has 1 aliphatic heterocycles. The molecule has 49 heavy (non-hydrogen) atoms. The SMILES string of the molecule is COc1cccc(CCNNC(=O)[C@@]2(CCS(=O)(=O)c3ccccc3)N=C(c3ccc(OCCCO)cc3)O[C@H]2c2cccc(OC)c2)c1. The van der Waals surface area contributed by atoms with Gasteiger partial charge in [0.25, 0.3) is 5.91 Å². The molecule has 1 aliphatic rings. The zero-order chi connectivity index (χ0) is 34.7. The minimum absolute atomic E-state index is 0.0222. The van der Waals surface area contributed by atoms with E-state index in [1.54, 1.807) is 80.9 Å². The number of nitrogens with one attached hydrogen (secondary N) is 2. The van der Waals surface area contributed by atoms with Crippen LogP contribution in [0.2, 0.25) is 0 Å². The number of ether oxygens (including phenoxy) is 4. The zero-order valence-electron chi connectivity index (χ0n) is 27.5. The molecule has 4 aromatic carbocycles. The smallest absolute Gasteiger partial charge is 0.266 e. The lowest BCUT2D eigenvalue weighted by molar-refractivity contribution is -0.130. The molecule has 1 heterocycles. The highest BCUT2D eigenvalue weighted by molar-refractivity contribution is 7.91. The number of amides is 1. The van der Waals surface area contributed by atoms with Crippen molar-refractivity contribution in [2.45, 2.75) is 35.8 Å². The number of aliphatic hydroxyl groups excluding tert-OH is 1. The molecule has 4 aromatic rings. The van der Waals surface area contributed by atoms with E-state index in [-0.39, 0.29) is 29.6 Å². The molecule has 2 atom stereocenters. The van der Waals surface area contributed by atoms with E-state index >= 15 is 0 Å². The van der Waals surface area contributed by atoms with Crippen molar-refractivity contribution in [3.8, 4) is 17.2 Å². The van der Waals surface area contributed by atoms with Crippen molar-refractivity contribution in [2.24, 2.45) is 4.99 Å². The van der Waals surface area contributed by atoms with Crippen LogP contribution in [0.1, 0.15) is 35.6 Å². The van der Waals surface area contributed by atoms with Crippen LogP contribution in [0, 0.1) is 0 Å². The second-order valence-electron chi connectivity index (χ2n) is 11.4. The Morgan fingerprint density at radius 1 is 0.898 bits per heavy atom. The van der Waals surface area contributed by atoms with Gasteiger partial charge in [-0.15, -0.1) is 0 Å². The fourth-order valence-electron chi connectivity index (χ4n) is 5.50. The molecule has 0 saturated heterocycles. The quantitative estimate of drug-likeness (QED) is 0.108. The number of hydrogen-bond acceptors (Lipinski definition) is 10. The van der Waals surface area contributed by atoms with Crippen LogP contribution < -0.4 is 25.1 Å². The van der Waals surface area contributed by atoms with Gasteiger partial charge in [-0.25, -0.2) is 18.8 Å². The van der Waals surface area contributed by atoms with Crippen molar-refractivity contribution in [2.75, 3.05) is 39.7 Å². The van der Waals surface area contributed by atoms with Gasteiger partial charge in [0.1, 0.15) is 17.2 Å². The summed E-state index contributed by atoms with van der Waals surface area (Å²) in [5, 5.41) is 9.08. The molecule has 0 saturated carbocycles. The van der Waals surface area contributed by atoms with Crippen LogP contribution in [-0.4, -0.2) is 70.6 Å². The lowest BCUT2D eigenvalue weighted by Gasteiger charge is -2.30. The molecule has 5 rings (SSSR count). The number of benzene rings is 4. The highest BCUT2D eigenvalue weighted by Crippen LogP contribution is 2.43. The maximum Gasteiger partial charge on any atom is 0.266 e. The van der Waals surface area contributed by atoms with E-state index in [2.05, 4.69) is 10.9 Å². The third-order valence-corrected chi connectivity index (χ3v) is 9.89. The number of aliphatic imine (C=N–C) groups is 1. The number of hydrogen-bond donors (Lipinski definition) is 3. The Balaban J connectivity index is 1.49. The average Bonchev–Trinajstić information content (AvgIpc) is 3.54. The first-order valence-electron chi connectivity index (χ1n) is 16.0. The summed E-state index contributed by atoms with van der Waals surface area (Å²) in [6.07, 6.45) is -0.0912. The van der Waals surface area contributed by atoms with Crippen LogP contribution in [0.5, 0.6) is 17.2 Å². The van der Waals surface area contributed by atoms with E-state index in [4.69, 9.17) is 29.0 Å². The molecule has 258 valence electrons. The number of rotatable bonds is 17. The number of sulfone groups is 1. The van der Waals surface area contributed by atoms with E-state index < -0.39 is 27.4 Å². The summed E-state index contributed by atoms with van der Waals surface area (Å²) in [5.74, 6) is 1.13. The van der Waals surface area contributed by atoms with Crippen LogP contribution >= 0.6 is 0 Å². The molecule has 0 fully saturated rings. The largest absolute Gasteiger partial charge is 0.497 e. The van der Waals surface area contributed by atoms with E-state index in [1.807, 2.05) is 24.3 Å². The summed E-state index contributed by atoms with van der Waals surface area (Å²) in [6, 6.07) is 29.9. The molecule has 11 nitrogen and oxygen atoms in total. The molecule has 12 heteroatoms. The first kappa shape index (κ1) is 35.4. The molecule has 0 aliphatic carbocycles. The van der Waals surface area contributed by atoms with Gasteiger partial charge >= 0.3 is 0 Å². The van der Waals surface area contributed by atoms with E-state index in [1.165, 1.54) is 12.1 Å². The first-order valence-corrected chi connectivity index (χ1v) is 17.6. The maximum atomic E-state index is 14.4. The van der Waals surface area contributed by atoms with Gasteiger partial charge < -0.3 is 24.1 Å². The van der Waals surface area contributed by atoms with Crippen molar-refractivity contribution in [1.82, 2.24) is 10.9 Å². The standard InChI is InChI=1S/C37H41N3O8S/c1-45-31-11-6-9-27(25-31)19-21-38-40-36(42)37(20-24-49(43,44)33-13-4-3-5-14-33)34(29-10-7-12-32(26-29)46-2)48-35(39-37)28-15-17-30(18-16-28)47-23-8-22-41/h3-7,9-18,25-26,34,38,41H,8,19-24H2,1-2H3,(H,40,42)/t34-,37-/m0/s1. The van der Waals surface area contributed by atoms with Crippen molar-refractivity contribution >= 4 is 21.6 Å². The number of carbonyl (C=O) groups is 1. The number of hydrazine groups is 1. The monoisotopic (exact) mass is 687 g/mol. The van der Waals surface area contributed by atoms with Crippen LogP contribution in [0.4, 0.5) is 0 Å². The molecule has 1 amide bonds. The fourth-order valence-corrected chi connectivity index (χ4v) is 6.88. The Bertz CT molecular complexity index is 1830. The van der Waals surface area contributed by atoms with E-state index in [0.717, 1.165) is 11.3 Å². The van der Waals surface area contributed by atoms with Crippen LogP contribution in [0.25, 0.3) is 0 Å². The molecular formula is C37H41N3O8S. The molecule has 0 aromatic heterocycles. The normalized spacial score (nSPS) is 17.1. The topological polar surface area (TPSA) is 145 Å². The second-order valence-corrected chi connectivity index (χ2v) is 13.5. The molecule has 3 N–H and O–H groups in total. The van der Waals surface area contributed by atoms with E-state index in [9.17, 15) is 13.2 Å². The van der Waals surface area contributed by atoms with Gasteiger partial charge in [0.2, 0.25) is 5.90 Å². The van der Waals surface area contributed by atoms with Crippen molar-refractivity contribution in [1.29, 1.82) is 0 Å². The Kier molecular flexibility index (Phi) is 11.9. The zero-order valence-corrected chi connectivity index (χ0v) is 28.3. The Morgan fingerprint density at radius 3 is 2.33 bits per heavy atom.